The molecular weight excluding hydrogens is 190 g/mol. The summed E-state index contributed by atoms with van der Waals surface area (Å²) in [7, 11) is 0. The zero-order valence-electron chi connectivity index (χ0n) is 9.62. The number of hydrogen-bond acceptors (Lipinski definition) is 2. The summed E-state index contributed by atoms with van der Waals surface area (Å²) in [5.74, 6) is 0.503. The van der Waals surface area contributed by atoms with Crippen molar-refractivity contribution in [2.75, 3.05) is 19.7 Å². The van der Waals surface area contributed by atoms with Crippen molar-refractivity contribution >= 4 is 5.96 Å². The molecular formula is C11H21N3O. The first kappa shape index (κ1) is 12.0. The first-order valence-corrected chi connectivity index (χ1v) is 5.47. The monoisotopic (exact) mass is 211 g/mol. The van der Waals surface area contributed by atoms with Gasteiger partial charge in [-0.25, -0.2) is 4.99 Å². The van der Waals surface area contributed by atoms with E-state index < -0.39 is 0 Å². The fourth-order valence-electron chi connectivity index (χ4n) is 1.41. The first-order chi connectivity index (χ1) is 7.18. The molecule has 1 rings (SSSR count). The lowest BCUT2D eigenvalue weighted by molar-refractivity contribution is 0.114. The van der Waals surface area contributed by atoms with E-state index in [0.29, 0.717) is 18.6 Å². The van der Waals surface area contributed by atoms with Crippen LogP contribution in [0, 0.1) is 0 Å². The van der Waals surface area contributed by atoms with E-state index in [-0.39, 0.29) is 0 Å². The van der Waals surface area contributed by atoms with Crippen LogP contribution in [-0.4, -0.2) is 31.8 Å². The van der Waals surface area contributed by atoms with Gasteiger partial charge in [-0.15, -0.1) is 0 Å². The van der Waals surface area contributed by atoms with E-state index in [9.17, 15) is 0 Å². The Balaban J connectivity index is 2.16. The van der Waals surface area contributed by atoms with E-state index >= 15 is 0 Å². The molecule has 1 atom stereocenters. The van der Waals surface area contributed by atoms with Crippen molar-refractivity contribution in [3.8, 4) is 0 Å². The number of guanidine groups is 1. The topological polar surface area (TPSA) is 59.6 Å². The second kappa shape index (κ2) is 6.45. The molecule has 15 heavy (non-hydrogen) atoms. The Morgan fingerprint density at radius 3 is 3.00 bits per heavy atom. The summed E-state index contributed by atoms with van der Waals surface area (Å²) < 4.78 is 5.46. The second-order valence-electron chi connectivity index (χ2n) is 4.02. The lowest BCUT2D eigenvalue weighted by Crippen LogP contribution is -2.37. The number of allylic oxidation sites excluding steroid dienone is 1. The van der Waals surface area contributed by atoms with Crippen molar-refractivity contribution in [3.63, 3.8) is 0 Å². The minimum atomic E-state index is 0.308. The molecule has 0 aromatic carbocycles. The third-order valence-corrected chi connectivity index (χ3v) is 2.30. The molecule has 1 saturated heterocycles. The fourth-order valence-corrected chi connectivity index (χ4v) is 1.41. The van der Waals surface area contributed by atoms with Crippen LogP contribution in [-0.2, 0) is 4.74 Å². The number of nitrogens with two attached hydrogens (primary N) is 1. The van der Waals surface area contributed by atoms with Gasteiger partial charge in [-0.3, -0.25) is 0 Å². The normalized spacial score (nSPS) is 21.5. The van der Waals surface area contributed by atoms with Gasteiger partial charge in [0.2, 0.25) is 0 Å². The number of aliphatic imine (C=N–C) groups is 1. The van der Waals surface area contributed by atoms with Crippen LogP contribution < -0.4 is 11.1 Å². The molecule has 0 aromatic rings. The molecule has 4 nitrogen and oxygen atoms in total. The summed E-state index contributed by atoms with van der Waals surface area (Å²) >= 11 is 0. The van der Waals surface area contributed by atoms with E-state index in [1.54, 1.807) is 0 Å². The molecule has 4 heteroatoms. The average Bonchev–Trinajstić information content (AvgIpc) is 2.66. The van der Waals surface area contributed by atoms with Crippen LogP contribution in [0.5, 0.6) is 0 Å². The molecule has 1 unspecified atom stereocenters. The summed E-state index contributed by atoms with van der Waals surface area (Å²) in [6.45, 7) is 6.38. The molecule has 0 bridgehead atoms. The van der Waals surface area contributed by atoms with Crippen molar-refractivity contribution in [3.05, 3.63) is 11.6 Å². The van der Waals surface area contributed by atoms with Gasteiger partial charge in [-0.2, -0.15) is 0 Å². The number of rotatable bonds is 4. The summed E-state index contributed by atoms with van der Waals surface area (Å²) in [6, 6.07) is 0. The van der Waals surface area contributed by atoms with Gasteiger partial charge in [0.15, 0.2) is 5.96 Å². The summed E-state index contributed by atoms with van der Waals surface area (Å²) in [5, 5.41) is 3.07. The van der Waals surface area contributed by atoms with E-state index in [0.717, 1.165) is 26.0 Å². The molecule has 3 N–H and O–H groups in total. The molecule has 0 radical (unpaired) electrons. The van der Waals surface area contributed by atoms with Gasteiger partial charge >= 0.3 is 0 Å². The maximum atomic E-state index is 5.69. The molecule has 0 amide bonds. The summed E-state index contributed by atoms with van der Waals surface area (Å²) in [4.78, 5) is 4.18. The van der Waals surface area contributed by atoms with Crippen LogP contribution >= 0.6 is 0 Å². The summed E-state index contributed by atoms with van der Waals surface area (Å²) in [5.41, 5.74) is 6.95. The maximum absolute atomic E-state index is 5.69. The zero-order valence-corrected chi connectivity index (χ0v) is 9.62. The van der Waals surface area contributed by atoms with Gasteiger partial charge in [-0.05, 0) is 26.7 Å². The fraction of sp³-hybridized carbons (Fsp3) is 0.727. The third kappa shape index (κ3) is 5.42. The van der Waals surface area contributed by atoms with Crippen molar-refractivity contribution in [2.45, 2.75) is 32.8 Å². The average molecular weight is 211 g/mol. The molecule has 1 fully saturated rings. The van der Waals surface area contributed by atoms with Crippen LogP contribution in [0.1, 0.15) is 26.7 Å². The van der Waals surface area contributed by atoms with Gasteiger partial charge in [0.25, 0.3) is 0 Å². The van der Waals surface area contributed by atoms with Crippen LogP contribution in [0.15, 0.2) is 16.6 Å². The first-order valence-electron chi connectivity index (χ1n) is 5.47. The quantitative estimate of drug-likeness (QED) is 0.415. The Kier molecular flexibility index (Phi) is 5.18. The van der Waals surface area contributed by atoms with Crippen molar-refractivity contribution in [2.24, 2.45) is 10.7 Å². The van der Waals surface area contributed by atoms with Gasteiger partial charge in [0.05, 0.1) is 12.6 Å². The highest BCUT2D eigenvalue weighted by molar-refractivity contribution is 5.77. The molecule has 1 aliphatic heterocycles. The molecule has 86 valence electrons. The van der Waals surface area contributed by atoms with Crippen LogP contribution in [0.3, 0.4) is 0 Å². The number of ether oxygens (including phenoxy) is 1. The molecule has 0 saturated carbocycles. The van der Waals surface area contributed by atoms with Gasteiger partial charge in [0.1, 0.15) is 0 Å². The maximum Gasteiger partial charge on any atom is 0.188 e. The Morgan fingerprint density at radius 1 is 1.60 bits per heavy atom. The van der Waals surface area contributed by atoms with Crippen molar-refractivity contribution in [1.82, 2.24) is 5.32 Å². The molecule has 1 heterocycles. The van der Waals surface area contributed by atoms with Crippen molar-refractivity contribution in [1.29, 1.82) is 0 Å². The van der Waals surface area contributed by atoms with Crippen LogP contribution in [0.25, 0.3) is 0 Å². The zero-order chi connectivity index (χ0) is 11.1. The van der Waals surface area contributed by atoms with Gasteiger partial charge < -0.3 is 15.8 Å². The minimum absolute atomic E-state index is 0.308. The predicted octanol–water partition coefficient (Wildman–Crippen LogP) is 1.04. The Morgan fingerprint density at radius 2 is 2.40 bits per heavy atom. The van der Waals surface area contributed by atoms with E-state index in [1.165, 1.54) is 5.57 Å². The molecule has 0 aromatic heterocycles. The van der Waals surface area contributed by atoms with Gasteiger partial charge in [0, 0.05) is 13.2 Å². The second-order valence-corrected chi connectivity index (χ2v) is 4.02. The Labute approximate surface area is 91.6 Å². The van der Waals surface area contributed by atoms with E-state index in [1.807, 2.05) is 19.9 Å². The SMILES string of the molecule is CC(C)=CCN=C(N)NCC1CCCO1. The largest absolute Gasteiger partial charge is 0.376 e. The predicted molar refractivity (Wildman–Crippen MR) is 62.9 cm³/mol. The standard InChI is InChI=1S/C11H21N3O/c1-9(2)5-6-13-11(12)14-8-10-4-3-7-15-10/h5,10H,3-4,6-8H2,1-2H3,(H3,12,13,14). The van der Waals surface area contributed by atoms with E-state index in [2.05, 4.69) is 10.3 Å². The number of nitrogens with one attached hydrogen (secondary N) is 1. The van der Waals surface area contributed by atoms with Crippen LogP contribution in [0.2, 0.25) is 0 Å². The molecule has 1 aliphatic rings. The number of nitrogens with zero attached hydrogens (tertiary/aromatic N) is 1. The minimum Gasteiger partial charge on any atom is -0.376 e. The lowest BCUT2D eigenvalue weighted by Gasteiger charge is -2.10. The lowest BCUT2D eigenvalue weighted by atomic mass is 10.2. The smallest absolute Gasteiger partial charge is 0.188 e. The number of hydrogen-bond donors (Lipinski definition) is 2. The van der Waals surface area contributed by atoms with Crippen molar-refractivity contribution < 1.29 is 4.74 Å². The summed E-state index contributed by atoms with van der Waals surface area (Å²) in [6.07, 6.45) is 4.62. The van der Waals surface area contributed by atoms with E-state index in [4.69, 9.17) is 10.5 Å². The van der Waals surface area contributed by atoms with Gasteiger partial charge in [-0.1, -0.05) is 11.6 Å². The van der Waals surface area contributed by atoms with Crippen LogP contribution in [0.4, 0.5) is 0 Å². The Hall–Kier alpha value is -1.03. The third-order valence-electron chi connectivity index (χ3n) is 2.30. The highest BCUT2D eigenvalue weighted by Crippen LogP contribution is 2.10. The molecule has 0 aliphatic carbocycles. The molecule has 0 spiro atoms. The Bertz CT molecular complexity index is 238. The highest BCUT2D eigenvalue weighted by atomic mass is 16.5. The highest BCUT2D eigenvalue weighted by Gasteiger charge is 2.14.